The number of thiophene rings is 1. The Hall–Kier alpha value is -0.380. The van der Waals surface area contributed by atoms with E-state index < -0.39 is 0 Å². The third kappa shape index (κ3) is 1.00. The van der Waals surface area contributed by atoms with Crippen molar-refractivity contribution in [3.8, 4) is 0 Å². The Bertz CT molecular complexity index is 258. The Labute approximate surface area is 69.7 Å². The molecule has 1 aliphatic rings. The molecule has 0 bridgehead atoms. The molecule has 0 fully saturated rings. The predicted octanol–water partition coefficient (Wildman–Crippen LogP) is 1.23. The van der Waals surface area contributed by atoms with Gasteiger partial charge in [0, 0.05) is 10.8 Å². The first kappa shape index (κ1) is 7.28. The molecule has 1 aliphatic carbocycles. The summed E-state index contributed by atoms with van der Waals surface area (Å²) < 4.78 is 0. The van der Waals surface area contributed by atoms with Crippen LogP contribution >= 0.6 is 11.3 Å². The Morgan fingerprint density at radius 1 is 1.73 bits per heavy atom. The van der Waals surface area contributed by atoms with Crippen LogP contribution in [0.5, 0.6) is 0 Å². The lowest BCUT2D eigenvalue weighted by atomic mass is 10.0. The highest BCUT2D eigenvalue weighted by atomic mass is 32.1. The Kier molecular flexibility index (Phi) is 1.71. The van der Waals surface area contributed by atoms with E-state index in [1.807, 2.05) is 5.38 Å². The second-order valence-corrected chi connectivity index (χ2v) is 3.87. The van der Waals surface area contributed by atoms with Gasteiger partial charge in [0.1, 0.15) is 0 Å². The summed E-state index contributed by atoms with van der Waals surface area (Å²) in [6, 6.07) is 2.08. The minimum atomic E-state index is -0.251. The Morgan fingerprint density at radius 3 is 3.27 bits per heavy atom. The molecule has 3 N–H and O–H groups in total. The summed E-state index contributed by atoms with van der Waals surface area (Å²) in [6.45, 7) is 0.654. The van der Waals surface area contributed by atoms with Gasteiger partial charge in [-0.25, -0.2) is 0 Å². The summed E-state index contributed by atoms with van der Waals surface area (Å²) in [5.41, 5.74) is 6.83. The second-order valence-electron chi connectivity index (χ2n) is 2.92. The lowest BCUT2D eigenvalue weighted by Crippen LogP contribution is -2.09. The summed E-state index contributed by atoms with van der Waals surface area (Å²) in [5, 5.41) is 11.6. The zero-order valence-electron chi connectivity index (χ0n) is 6.16. The van der Waals surface area contributed by atoms with Crippen LogP contribution in [0.4, 0.5) is 0 Å². The van der Waals surface area contributed by atoms with Crippen LogP contribution in [0.25, 0.3) is 0 Å². The average molecular weight is 169 g/mol. The van der Waals surface area contributed by atoms with Gasteiger partial charge in [0.25, 0.3) is 0 Å². The molecule has 1 aromatic rings. The fourth-order valence-electron chi connectivity index (χ4n) is 1.67. The highest BCUT2D eigenvalue weighted by Crippen LogP contribution is 2.42. The maximum Gasteiger partial charge on any atom is 0.0891 e. The molecule has 2 rings (SSSR count). The van der Waals surface area contributed by atoms with Crippen molar-refractivity contribution in [1.82, 2.24) is 0 Å². The first-order valence-corrected chi connectivity index (χ1v) is 4.66. The van der Waals surface area contributed by atoms with Crippen LogP contribution in [0.2, 0.25) is 0 Å². The van der Waals surface area contributed by atoms with Gasteiger partial charge in [-0.2, -0.15) is 0 Å². The van der Waals surface area contributed by atoms with Gasteiger partial charge in [-0.15, -0.1) is 11.3 Å². The summed E-state index contributed by atoms with van der Waals surface area (Å²) in [7, 11) is 0. The van der Waals surface area contributed by atoms with Crippen LogP contribution in [-0.4, -0.2) is 11.7 Å². The minimum Gasteiger partial charge on any atom is -0.388 e. The van der Waals surface area contributed by atoms with E-state index in [1.165, 1.54) is 5.56 Å². The molecule has 1 heterocycles. The molecule has 60 valence electrons. The number of hydrogen-bond donors (Lipinski definition) is 2. The smallest absolute Gasteiger partial charge is 0.0891 e. The predicted molar refractivity (Wildman–Crippen MR) is 45.7 cm³/mol. The molecular weight excluding hydrogens is 158 g/mol. The van der Waals surface area contributed by atoms with Crippen LogP contribution in [-0.2, 0) is 0 Å². The van der Waals surface area contributed by atoms with E-state index in [9.17, 15) is 5.11 Å². The van der Waals surface area contributed by atoms with Crippen LogP contribution in [0, 0.1) is 0 Å². The fraction of sp³-hybridized carbons (Fsp3) is 0.500. The number of nitrogens with two attached hydrogens (primary N) is 1. The Balaban J connectivity index is 2.37. The molecule has 0 saturated heterocycles. The first-order chi connectivity index (χ1) is 5.33. The molecule has 2 nitrogen and oxygen atoms in total. The van der Waals surface area contributed by atoms with Crippen molar-refractivity contribution >= 4 is 11.3 Å². The van der Waals surface area contributed by atoms with Gasteiger partial charge in [-0.1, -0.05) is 0 Å². The van der Waals surface area contributed by atoms with Crippen LogP contribution in [0.15, 0.2) is 11.4 Å². The zero-order chi connectivity index (χ0) is 7.84. The van der Waals surface area contributed by atoms with Crippen LogP contribution < -0.4 is 5.73 Å². The molecule has 3 heteroatoms. The van der Waals surface area contributed by atoms with Gasteiger partial charge >= 0.3 is 0 Å². The van der Waals surface area contributed by atoms with E-state index in [0.717, 1.165) is 11.3 Å². The number of hydrogen-bond acceptors (Lipinski definition) is 3. The maximum atomic E-state index is 9.53. The first-order valence-electron chi connectivity index (χ1n) is 3.78. The molecule has 11 heavy (non-hydrogen) atoms. The van der Waals surface area contributed by atoms with Crippen molar-refractivity contribution in [3.05, 3.63) is 21.9 Å². The van der Waals surface area contributed by atoms with Crippen molar-refractivity contribution in [2.75, 3.05) is 6.54 Å². The van der Waals surface area contributed by atoms with Gasteiger partial charge in [-0.3, -0.25) is 0 Å². The van der Waals surface area contributed by atoms with E-state index >= 15 is 0 Å². The standard InChI is InChI=1S/C8H11NOS/c9-4-5-3-7(10)8-6(5)1-2-11-8/h1-2,5,7,10H,3-4,9H2. The van der Waals surface area contributed by atoms with Gasteiger partial charge in [0.2, 0.25) is 0 Å². The van der Waals surface area contributed by atoms with Crippen molar-refractivity contribution in [2.24, 2.45) is 5.73 Å². The number of rotatable bonds is 1. The molecule has 0 amide bonds. The molecule has 2 atom stereocenters. The van der Waals surface area contributed by atoms with Crippen molar-refractivity contribution < 1.29 is 5.11 Å². The normalized spacial score (nSPS) is 28.9. The monoisotopic (exact) mass is 169 g/mol. The Morgan fingerprint density at radius 2 is 2.55 bits per heavy atom. The minimum absolute atomic E-state index is 0.251. The van der Waals surface area contributed by atoms with E-state index in [0.29, 0.717) is 12.5 Å². The van der Waals surface area contributed by atoms with Gasteiger partial charge in [-0.05, 0) is 30.0 Å². The van der Waals surface area contributed by atoms with Crippen molar-refractivity contribution in [3.63, 3.8) is 0 Å². The molecular formula is C8H11NOS. The van der Waals surface area contributed by atoms with Gasteiger partial charge < -0.3 is 10.8 Å². The van der Waals surface area contributed by atoms with E-state index in [4.69, 9.17) is 5.73 Å². The second kappa shape index (κ2) is 2.59. The average Bonchev–Trinajstić information content (AvgIpc) is 2.54. The molecule has 0 aromatic carbocycles. The zero-order valence-corrected chi connectivity index (χ0v) is 6.97. The third-order valence-corrected chi connectivity index (χ3v) is 3.30. The summed E-state index contributed by atoms with van der Waals surface area (Å²) in [5.74, 6) is 0.395. The highest BCUT2D eigenvalue weighted by molar-refractivity contribution is 7.10. The SMILES string of the molecule is NCC1CC(O)c2sccc21. The molecule has 2 unspecified atom stereocenters. The molecule has 1 aromatic heterocycles. The summed E-state index contributed by atoms with van der Waals surface area (Å²) >= 11 is 1.63. The molecule has 0 aliphatic heterocycles. The topological polar surface area (TPSA) is 46.2 Å². The quantitative estimate of drug-likeness (QED) is 0.664. The van der Waals surface area contributed by atoms with Crippen molar-refractivity contribution in [2.45, 2.75) is 18.4 Å². The molecule has 0 radical (unpaired) electrons. The molecule has 0 spiro atoms. The molecule has 0 saturated carbocycles. The summed E-state index contributed by atoms with van der Waals surface area (Å²) in [4.78, 5) is 1.13. The number of aliphatic hydroxyl groups excluding tert-OH is 1. The van der Waals surface area contributed by atoms with Crippen molar-refractivity contribution in [1.29, 1.82) is 0 Å². The number of aliphatic hydroxyl groups is 1. The van der Waals surface area contributed by atoms with Crippen LogP contribution in [0.1, 0.15) is 28.9 Å². The highest BCUT2D eigenvalue weighted by Gasteiger charge is 2.29. The van der Waals surface area contributed by atoms with Gasteiger partial charge in [0.05, 0.1) is 6.10 Å². The third-order valence-electron chi connectivity index (χ3n) is 2.26. The van der Waals surface area contributed by atoms with E-state index in [-0.39, 0.29) is 6.10 Å². The largest absolute Gasteiger partial charge is 0.388 e. The fourth-order valence-corrected chi connectivity index (χ4v) is 2.65. The number of fused-ring (bicyclic) bond motifs is 1. The van der Waals surface area contributed by atoms with Crippen LogP contribution in [0.3, 0.4) is 0 Å². The lowest BCUT2D eigenvalue weighted by molar-refractivity contribution is 0.176. The maximum absolute atomic E-state index is 9.53. The van der Waals surface area contributed by atoms with E-state index in [2.05, 4.69) is 6.07 Å². The van der Waals surface area contributed by atoms with E-state index in [1.54, 1.807) is 11.3 Å². The lowest BCUT2D eigenvalue weighted by Gasteiger charge is -2.04. The summed E-state index contributed by atoms with van der Waals surface area (Å²) in [6.07, 6.45) is 0.567. The van der Waals surface area contributed by atoms with Gasteiger partial charge in [0.15, 0.2) is 0 Å².